The van der Waals surface area contributed by atoms with Gasteiger partial charge in [-0.2, -0.15) is 4.98 Å². The van der Waals surface area contributed by atoms with Gasteiger partial charge in [0.2, 0.25) is 11.9 Å². The molecule has 0 unspecified atom stereocenters. The van der Waals surface area contributed by atoms with Crippen molar-refractivity contribution in [2.45, 2.75) is 12.8 Å². The topological polar surface area (TPSA) is 82.1 Å². The highest BCUT2D eigenvalue weighted by molar-refractivity contribution is 5.95. The predicted molar refractivity (Wildman–Crippen MR) is 72.8 cm³/mol. The van der Waals surface area contributed by atoms with Crippen molar-refractivity contribution in [3.05, 3.63) is 20.8 Å². The predicted octanol–water partition coefficient (Wildman–Crippen LogP) is -0.902. The van der Waals surface area contributed by atoms with Gasteiger partial charge < -0.3 is 4.57 Å². The van der Waals surface area contributed by atoms with Crippen molar-refractivity contribution in [1.82, 2.24) is 18.7 Å². The van der Waals surface area contributed by atoms with Gasteiger partial charge >= 0.3 is 5.69 Å². The molecule has 1 saturated heterocycles. The van der Waals surface area contributed by atoms with Crippen LogP contribution in [0, 0.1) is 0 Å². The molecule has 0 N–H and O–H groups in total. The van der Waals surface area contributed by atoms with E-state index in [0.29, 0.717) is 30.1 Å². The van der Waals surface area contributed by atoms with Gasteiger partial charge in [-0.15, -0.1) is 0 Å². The van der Waals surface area contributed by atoms with Crippen LogP contribution in [-0.4, -0.2) is 31.1 Å². The smallest absolute Gasteiger partial charge is 0.307 e. The number of hydrogen-bond donors (Lipinski definition) is 0. The van der Waals surface area contributed by atoms with Crippen LogP contribution in [0.5, 0.6) is 0 Å². The third-order valence-electron chi connectivity index (χ3n) is 3.77. The molecule has 0 bridgehead atoms. The quantitative estimate of drug-likeness (QED) is 0.676. The number of nitrogens with zero attached hydrogens (tertiary/aromatic N) is 5. The Labute approximate surface area is 113 Å². The lowest BCUT2D eigenvalue weighted by molar-refractivity contribution is -0.117. The van der Waals surface area contributed by atoms with Gasteiger partial charge in [-0.25, -0.2) is 4.79 Å². The average Bonchev–Trinajstić information content (AvgIpc) is 2.98. The van der Waals surface area contributed by atoms with Gasteiger partial charge in [0.05, 0.1) is 0 Å². The number of carbonyl (C=O) groups excluding carboxylic acids is 1. The van der Waals surface area contributed by atoms with Crippen LogP contribution in [0.3, 0.4) is 0 Å². The molecule has 8 heteroatoms. The number of hydrogen-bond acceptors (Lipinski definition) is 4. The van der Waals surface area contributed by atoms with Crippen molar-refractivity contribution >= 4 is 23.0 Å². The number of anilines is 1. The molecule has 3 rings (SSSR count). The number of amides is 1. The number of aryl methyl sites for hydroxylation is 2. The molecule has 20 heavy (non-hydrogen) atoms. The first-order valence-corrected chi connectivity index (χ1v) is 6.36. The van der Waals surface area contributed by atoms with E-state index in [1.807, 2.05) is 0 Å². The van der Waals surface area contributed by atoms with E-state index < -0.39 is 11.2 Å². The van der Waals surface area contributed by atoms with Crippen LogP contribution in [0.15, 0.2) is 9.59 Å². The Morgan fingerprint density at radius 1 is 1.00 bits per heavy atom. The second-order valence-corrected chi connectivity index (χ2v) is 5.00. The van der Waals surface area contributed by atoms with Crippen molar-refractivity contribution in [2.75, 3.05) is 11.4 Å². The first-order chi connectivity index (χ1) is 9.43. The third-order valence-corrected chi connectivity index (χ3v) is 3.77. The molecule has 2 aromatic heterocycles. The van der Waals surface area contributed by atoms with E-state index in [9.17, 15) is 14.4 Å². The summed E-state index contributed by atoms with van der Waals surface area (Å²) in [4.78, 5) is 41.8. The summed E-state index contributed by atoms with van der Waals surface area (Å²) in [5.74, 6) is 0.408. The van der Waals surface area contributed by atoms with E-state index in [-0.39, 0.29) is 5.91 Å². The summed E-state index contributed by atoms with van der Waals surface area (Å²) >= 11 is 0. The lowest BCUT2D eigenvalue weighted by Crippen LogP contribution is -2.37. The fourth-order valence-electron chi connectivity index (χ4n) is 2.61. The monoisotopic (exact) mass is 277 g/mol. The maximum Gasteiger partial charge on any atom is 0.332 e. The van der Waals surface area contributed by atoms with E-state index in [0.717, 1.165) is 11.0 Å². The molecule has 0 saturated carbocycles. The van der Waals surface area contributed by atoms with Crippen LogP contribution in [0.4, 0.5) is 5.95 Å². The van der Waals surface area contributed by atoms with Crippen molar-refractivity contribution in [3.63, 3.8) is 0 Å². The molecule has 1 aliphatic heterocycles. The lowest BCUT2D eigenvalue weighted by atomic mass is 10.4. The van der Waals surface area contributed by atoms with Crippen LogP contribution in [0.25, 0.3) is 11.2 Å². The third kappa shape index (κ3) is 1.47. The van der Waals surface area contributed by atoms with Gasteiger partial charge in [0.15, 0.2) is 11.2 Å². The fourth-order valence-corrected chi connectivity index (χ4v) is 2.61. The summed E-state index contributed by atoms with van der Waals surface area (Å²) in [6, 6.07) is 0. The number of rotatable bonds is 1. The highest BCUT2D eigenvalue weighted by atomic mass is 16.2. The van der Waals surface area contributed by atoms with Crippen molar-refractivity contribution in [1.29, 1.82) is 0 Å². The molecule has 0 aliphatic carbocycles. The Kier molecular flexibility index (Phi) is 2.56. The van der Waals surface area contributed by atoms with Crippen LogP contribution in [0.2, 0.25) is 0 Å². The number of imidazole rings is 1. The molecule has 1 amide bonds. The fraction of sp³-hybridized carbons (Fsp3) is 0.500. The summed E-state index contributed by atoms with van der Waals surface area (Å²) in [5, 5.41) is 0. The standard InChI is InChI=1S/C12H15N5O3/c1-14-8-9(15(2)12(20)16(3)10(8)19)13-11(14)17-6-4-5-7(17)18/h4-6H2,1-3H3. The molecule has 106 valence electrons. The van der Waals surface area contributed by atoms with Gasteiger partial charge in [0.25, 0.3) is 5.56 Å². The second-order valence-electron chi connectivity index (χ2n) is 5.00. The van der Waals surface area contributed by atoms with Crippen LogP contribution in [0.1, 0.15) is 12.8 Å². The molecule has 0 radical (unpaired) electrons. The summed E-state index contributed by atoms with van der Waals surface area (Å²) in [6.45, 7) is 0.588. The maximum atomic E-state index is 12.2. The Morgan fingerprint density at radius 2 is 1.70 bits per heavy atom. The normalized spacial score (nSPS) is 15.6. The van der Waals surface area contributed by atoms with Crippen molar-refractivity contribution in [3.8, 4) is 0 Å². The molecule has 1 aliphatic rings. The molecule has 0 atom stereocenters. The Morgan fingerprint density at radius 3 is 2.30 bits per heavy atom. The molecule has 1 fully saturated rings. The average molecular weight is 277 g/mol. The maximum absolute atomic E-state index is 12.2. The molecular weight excluding hydrogens is 262 g/mol. The number of carbonyl (C=O) groups is 1. The SMILES string of the molecule is Cn1c(=O)c2c(nc(N3CCCC3=O)n2C)n(C)c1=O. The van der Waals surface area contributed by atoms with Crippen LogP contribution >= 0.6 is 0 Å². The summed E-state index contributed by atoms with van der Waals surface area (Å²) < 4.78 is 3.95. The molecule has 8 nitrogen and oxygen atoms in total. The van der Waals surface area contributed by atoms with Gasteiger partial charge in [0, 0.05) is 34.1 Å². The van der Waals surface area contributed by atoms with E-state index in [2.05, 4.69) is 4.98 Å². The van der Waals surface area contributed by atoms with Crippen molar-refractivity contribution < 1.29 is 4.79 Å². The zero-order valence-electron chi connectivity index (χ0n) is 11.6. The van der Waals surface area contributed by atoms with E-state index in [1.165, 1.54) is 11.6 Å². The molecule has 0 aromatic carbocycles. The van der Waals surface area contributed by atoms with Crippen molar-refractivity contribution in [2.24, 2.45) is 21.1 Å². The minimum Gasteiger partial charge on any atom is -0.307 e. The number of fused-ring (bicyclic) bond motifs is 1. The highest BCUT2D eigenvalue weighted by Crippen LogP contribution is 2.22. The molecule has 3 heterocycles. The zero-order valence-corrected chi connectivity index (χ0v) is 11.6. The molecule has 2 aromatic rings. The zero-order chi connectivity index (χ0) is 14.6. The van der Waals surface area contributed by atoms with Crippen LogP contribution < -0.4 is 16.1 Å². The Hall–Kier alpha value is -2.38. The first kappa shape index (κ1) is 12.6. The van der Waals surface area contributed by atoms with Gasteiger partial charge in [-0.05, 0) is 6.42 Å². The highest BCUT2D eigenvalue weighted by Gasteiger charge is 2.27. The van der Waals surface area contributed by atoms with E-state index in [4.69, 9.17) is 0 Å². The summed E-state index contributed by atoms with van der Waals surface area (Å²) in [7, 11) is 4.67. The molecular formula is C12H15N5O3. The Balaban J connectivity index is 2.39. The van der Waals surface area contributed by atoms with E-state index >= 15 is 0 Å². The van der Waals surface area contributed by atoms with Crippen LogP contribution in [-0.2, 0) is 25.9 Å². The Bertz CT molecular complexity index is 841. The first-order valence-electron chi connectivity index (χ1n) is 6.36. The minimum absolute atomic E-state index is 0.00905. The largest absolute Gasteiger partial charge is 0.332 e. The van der Waals surface area contributed by atoms with E-state index in [1.54, 1.807) is 23.6 Å². The van der Waals surface area contributed by atoms with Gasteiger partial charge in [-0.3, -0.25) is 23.6 Å². The second kappa shape index (κ2) is 4.06. The molecule has 0 spiro atoms. The minimum atomic E-state index is -0.431. The van der Waals surface area contributed by atoms with Gasteiger partial charge in [0.1, 0.15) is 0 Å². The summed E-state index contributed by atoms with van der Waals surface area (Å²) in [6.07, 6.45) is 1.26. The summed E-state index contributed by atoms with van der Waals surface area (Å²) in [5.41, 5.74) is -0.213. The van der Waals surface area contributed by atoms with Gasteiger partial charge in [-0.1, -0.05) is 0 Å². The lowest BCUT2D eigenvalue weighted by Gasteiger charge is -2.13. The number of aromatic nitrogens is 4.